The van der Waals surface area contributed by atoms with E-state index in [2.05, 4.69) is 43.4 Å². The summed E-state index contributed by atoms with van der Waals surface area (Å²) >= 11 is 0. The van der Waals surface area contributed by atoms with Crippen LogP contribution in [-0.2, 0) is 5.41 Å². The number of aliphatic hydroxyl groups is 1. The lowest BCUT2D eigenvalue weighted by Crippen LogP contribution is -2.25. The molecule has 1 aromatic rings. The highest BCUT2D eigenvalue weighted by molar-refractivity contribution is 5.36. The molecule has 1 aliphatic heterocycles. The molecule has 0 aliphatic carbocycles. The van der Waals surface area contributed by atoms with Gasteiger partial charge in [-0.3, -0.25) is 0 Å². The summed E-state index contributed by atoms with van der Waals surface area (Å²) in [7, 11) is 0. The highest BCUT2D eigenvalue weighted by Crippen LogP contribution is 2.33. The van der Waals surface area contributed by atoms with E-state index in [-0.39, 0.29) is 12.0 Å². The van der Waals surface area contributed by atoms with Crippen LogP contribution in [0.15, 0.2) is 24.3 Å². The Hall–Kier alpha value is -0.860. The van der Waals surface area contributed by atoms with Gasteiger partial charge in [0.15, 0.2) is 0 Å². The first-order valence-corrected chi connectivity index (χ1v) is 6.06. The van der Waals surface area contributed by atoms with Crippen molar-refractivity contribution < 1.29 is 5.11 Å². The summed E-state index contributed by atoms with van der Waals surface area (Å²) in [5.74, 6) is 0.613. The quantitative estimate of drug-likeness (QED) is 0.815. The van der Waals surface area contributed by atoms with E-state index in [0.717, 1.165) is 13.1 Å². The summed E-state index contributed by atoms with van der Waals surface area (Å²) in [6, 6.07) is 8.54. The molecule has 1 atom stereocenters. The van der Waals surface area contributed by atoms with E-state index >= 15 is 0 Å². The maximum atomic E-state index is 9.50. The van der Waals surface area contributed by atoms with Gasteiger partial charge in [-0.15, -0.1) is 0 Å². The Kier molecular flexibility index (Phi) is 3.31. The third-order valence-corrected chi connectivity index (χ3v) is 3.59. The summed E-state index contributed by atoms with van der Waals surface area (Å²) in [6.07, 6.45) is 1.21. The van der Waals surface area contributed by atoms with E-state index in [1.165, 1.54) is 17.5 Å². The normalized spacial score (nSPS) is 21.3. The molecular weight excluding hydrogens is 198 g/mol. The molecule has 0 saturated carbocycles. The van der Waals surface area contributed by atoms with Gasteiger partial charge in [0.2, 0.25) is 0 Å². The second-order valence-corrected chi connectivity index (χ2v) is 5.32. The average molecular weight is 219 g/mol. The zero-order chi connectivity index (χ0) is 11.6. The van der Waals surface area contributed by atoms with Gasteiger partial charge >= 0.3 is 0 Å². The van der Waals surface area contributed by atoms with Crippen LogP contribution in [0.5, 0.6) is 0 Å². The number of hydrogen-bond acceptors (Lipinski definition) is 2. The van der Waals surface area contributed by atoms with Crippen molar-refractivity contribution in [1.29, 1.82) is 0 Å². The van der Waals surface area contributed by atoms with Gasteiger partial charge in [-0.05, 0) is 30.0 Å². The predicted octanol–water partition coefficient (Wildman–Crippen LogP) is 2.03. The minimum absolute atomic E-state index is 0.140. The summed E-state index contributed by atoms with van der Waals surface area (Å²) in [4.78, 5) is 0. The van der Waals surface area contributed by atoms with Crippen molar-refractivity contribution in [2.24, 2.45) is 0 Å². The largest absolute Gasteiger partial charge is 0.395 e. The highest BCUT2D eigenvalue weighted by Gasteiger charge is 2.27. The molecule has 0 amide bonds. The zero-order valence-corrected chi connectivity index (χ0v) is 10.2. The Balaban J connectivity index is 2.37. The van der Waals surface area contributed by atoms with Crippen molar-refractivity contribution in [2.45, 2.75) is 31.6 Å². The number of aliphatic hydroxyl groups excluding tert-OH is 1. The predicted molar refractivity (Wildman–Crippen MR) is 66.8 cm³/mol. The molecule has 2 rings (SSSR count). The first-order chi connectivity index (χ1) is 7.65. The standard InChI is InChI=1S/C14H21NO/c1-14(2,10-16)13-6-4-3-5-12(13)11-7-8-15-9-11/h3-6,11,15-16H,7-10H2,1-2H3. The van der Waals surface area contributed by atoms with Gasteiger partial charge in [0.25, 0.3) is 0 Å². The van der Waals surface area contributed by atoms with Gasteiger partial charge in [0.1, 0.15) is 0 Å². The number of hydrogen-bond donors (Lipinski definition) is 2. The minimum atomic E-state index is -0.140. The molecular formula is C14H21NO. The van der Waals surface area contributed by atoms with E-state index in [1.807, 2.05) is 0 Å². The lowest BCUT2D eigenvalue weighted by atomic mass is 9.79. The Bertz CT molecular complexity index is 354. The number of nitrogens with one attached hydrogen (secondary N) is 1. The second-order valence-electron chi connectivity index (χ2n) is 5.32. The van der Waals surface area contributed by atoms with Gasteiger partial charge < -0.3 is 10.4 Å². The van der Waals surface area contributed by atoms with Crippen LogP contribution < -0.4 is 5.32 Å². The summed E-state index contributed by atoms with van der Waals surface area (Å²) in [5, 5.41) is 12.9. The molecule has 2 N–H and O–H groups in total. The van der Waals surface area contributed by atoms with Gasteiger partial charge in [-0.2, -0.15) is 0 Å². The third kappa shape index (κ3) is 2.13. The molecule has 1 fully saturated rings. The lowest BCUT2D eigenvalue weighted by Gasteiger charge is -2.27. The van der Waals surface area contributed by atoms with E-state index in [4.69, 9.17) is 0 Å². The topological polar surface area (TPSA) is 32.3 Å². The highest BCUT2D eigenvalue weighted by atomic mass is 16.3. The fraction of sp³-hybridized carbons (Fsp3) is 0.571. The second kappa shape index (κ2) is 4.56. The average Bonchev–Trinajstić information content (AvgIpc) is 2.82. The Labute approximate surface area is 97.7 Å². The maximum absolute atomic E-state index is 9.50. The maximum Gasteiger partial charge on any atom is 0.0522 e. The van der Waals surface area contributed by atoms with Crippen molar-refractivity contribution in [2.75, 3.05) is 19.7 Å². The lowest BCUT2D eigenvalue weighted by molar-refractivity contribution is 0.217. The van der Waals surface area contributed by atoms with Crippen LogP contribution in [0.2, 0.25) is 0 Å². The smallest absolute Gasteiger partial charge is 0.0522 e. The van der Waals surface area contributed by atoms with Crippen molar-refractivity contribution in [3.8, 4) is 0 Å². The molecule has 1 aliphatic rings. The number of rotatable bonds is 3. The van der Waals surface area contributed by atoms with E-state index in [0.29, 0.717) is 5.92 Å². The van der Waals surface area contributed by atoms with Gasteiger partial charge in [-0.25, -0.2) is 0 Å². The van der Waals surface area contributed by atoms with Gasteiger partial charge in [0, 0.05) is 12.0 Å². The number of benzene rings is 1. The fourth-order valence-electron chi connectivity index (χ4n) is 2.47. The Morgan fingerprint density at radius 3 is 2.75 bits per heavy atom. The van der Waals surface area contributed by atoms with Crippen molar-refractivity contribution in [3.63, 3.8) is 0 Å². The molecule has 0 aromatic heterocycles. The first kappa shape index (κ1) is 11.6. The van der Waals surface area contributed by atoms with E-state index in [9.17, 15) is 5.11 Å². The van der Waals surface area contributed by atoms with E-state index in [1.54, 1.807) is 0 Å². The summed E-state index contributed by atoms with van der Waals surface area (Å²) < 4.78 is 0. The summed E-state index contributed by atoms with van der Waals surface area (Å²) in [6.45, 7) is 6.59. The molecule has 88 valence electrons. The van der Waals surface area contributed by atoms with Crippen LogP contribution in [0, 0.1) is 0 Å². The first-order valence-electron chi connectivity index (χ1n) is 6.06. The van der Waals surface area contributed by atoms with Crippen LogP contribution in [-0.4, -0.2) is 24.8 Å². The molecule has 1 aromatic carbocycles. The molecule has 1 heterocycles. The Morgan fingerprint density at radius 2 is 2.12 bits per heavy atom. The van der Waals surface area contributed by atoms with Crippen LogP contribution in [0.1, 0.15) is 37.3 Å². The third-order valence-electron chi connectivity index (χ3n) is 3.59. The molecule has 0 radical (unpaired) electrons. The summed E-state index contributed by atoms with van der Waals surface area (Å²) in [5.41, 5.74) is 2.57. The van der Waals surface area contributed by atoms with Crippen LogP contribution in [0.4, 0.5) is 0 Å². The van der Waals surface area contributed by atoms with Crippen molar-refractivity contribution >= 4 is 0 Å². The molecule has 2 nitrogen and oxygen atoms in total. The van der Waals surface area contributed by atoms with Crippen LogP contribution in [0.3, 0.4) is 0 Å². The van der Waals surface area contributed by atoms with Crippen LogP contribution in [0.25, 0.3) is 0 Å². The SMILES string of the molecule is CC(C)(CO)c1ccccc1C1CCNC1. The Morgan fingerprint density at radius 1 is 1.38 bits per heavy atom. The molecule has 1 unspecified atom stereocenters. The molecule has 2 heteroatoms. The van der Waals surface area contributed by atoms with E-state index < -0.39 is 0 Å². The van der Waals surface area contributed by atoms with Crippen molar-refractivity contribution in [1.82, 2.24) is 5.32 Å². The zero-order valence-electron chi connectivity index (χ0n) is 10.2. The molecule has 16 heavy (non-hydrogen) atoms. The van der Waals surface area contributed by atoms with Crippen LogP contribution >= 0.6 is 0 Å². The molecule has 0 spiro atoms. The molecule has 0 bridgehead atoms. The molecule has 1 saturated heterocycles. The minimum Gasteiger partial charge on any atom is -0.395 e. The monoisotopic (exact) mass is 219 g/mol. The van der Waals surface area contributed by atoms with Gasteiger partial charge in [0.05, 0.1) is 6.61 Å². The van der Waals surface area contributed by atoms with Crippen molar-refractivity contribution in [3.05, 3.63) is 35.4 Å². The fourth-order valence-corrected chi connectivity index (χ4v) is 2.47. The van der Waals surface area contributed by atoms with Gasteiger partial charge in [-0.1, -0.05) is 38.1 Å².